The Balaban J connectivity index is 1.56. The highest BCUT2D eigenvalue weighted by molar-refractivity contribution is 5.84. The number of fused-ring (bicyclic) bond motifs is 5. The molecule has 0 aromatic carbocycles. The van der Waals surface area contributed by atoms with Gasteiger partial charge in [0.2, 0.25) is 0 Å². The van der Waals surface area contributed by atoms with E-state index in [0.29, 0.717) is 25.7 Å². The minimum atomic E-state index is -1.60. The van der Waals surface area contributed by atoms with E-state index < -0.39 is 60.2 Å². The summed E-state index contributed by atoms with van der Waals surface area (Å²) in [4.78, 5) is 78.1. The average molecular weight is 817 g/mol. The molecular formula is C45H68O13. The highest BCUT2D eigenvalue weighted by Gasteiger charge is 2.72. The molecule has 13 heteroatoms. The van der Waals surface area contributed by atoms with Crippen LogP contribution in [0.1, 0.15) is 141 Å². The predicted molar refractivity (Wildman–Crippen MR) is 210 cm³/mol. The number of ketones is 1. The third-order valence-corrected chi connectivity index (χ3v) is 15.6. The van der Waals surface area contributed by atoms with E-state index in [1.165, 1.54) is 13.8 Å². The van der Waals surface area contributed by atoms with Crippen LogP contribution in [-0.4, -0.2) is 85.2 Å². The van der Waals surface area contributed by atoms with Crippen molar-refractivity contribution in [1.82, 2.24) is 0 Å². The Bertz CT molecular complexity index is 1660. The van der Waals surface area contributed by atoms with Gasteiger partial charge in [0.25, 0.3) is 0 Å². The van der Waals surface area contributed by atoms with Crippen molar-refractivity contribution in [3.63, 3.8) is 0 Å². The molecule has 13 nitrogen and oxygen atoms in total. The van der Waals surface area contributed by atoms with Crippen molar-refractivity contribution in [2.45, 2.75) is 183 Å². The summed E-state index contributed by atoms with van der Waals surface area (Å²) in [6.07, 6.45) is 0.836. The highest BCUT2D eigenvalue weighted by atomic mass is 16.7. The lowest BCUT2D eigenvalue weighted by Crippen LogP contribution is -2.67. The van der Waals surface area contributed by atoms with E-state index >= 15 is 4.79 Å². The van der Waals surface area contributed by atoms with E-state index in [0.717, 1.165) is 58.6 Å². The molecule has 4 aliphatic carbocycles. The predicted octanol–water partition coefficient (Wildman–Crippen LogP) is 7.00. The Hall–Kier alpha value is -3.32. The summed E-state index contributed by atoms with van der Waals surface area (Å²) < 4.78 is 41.3. The monoisotopic (exact) mass is 816 g/mol. The van der Waals surface area contributed by atoms with Gasteiger partial charge in [0.1, 0.15) is 11.9 Å². The Morgan fingerprint density at radius 3 is 1.88 bits per heavy atom. The van der Waals surface area contributed by atoms with Crippen molar-refractivity contribution in [1.29, 1.82) is 0 Å². The number of hydrogen-bond donors (Lipinski definition) is 0. The molecule has 1 saturated heterocycles. The first-order chi connectivity index (χ1) is 26.9. The van der Waals surface area contributed by atoms with Gasteiger partial charge in [-0.15, -0.1) is 0 Å². The summed E-state index contributed by atoms with van der Waals surface area (Å²) in [5.74, 6) is -3.55. The van der Waals surface area contributed by atoms with Gasteiger partial charge in [0.15, 0.2) is 30.7 Å². The van der Waals surface area contributed by atoms with Crippen LogP contribution in [-0.2, 0) is 61.9 Å². The Morgan fingerprint density at radius 2 is 1.31 bits per heavy atom. The number of allylic oxidation sites excluding steroid dienone is 2. The zero-order valence-electron chi connectivity index (χ0n) is 37.0. The number of hydrogen-bond acceptors (Lipinski definition) is 13. The molecule has 14 atom stereocenters. The maximum absolute atomic E-state index is 15.1. The van der Waals surface area contributed by atoms with Gasteiger partial charge < -0.3 is 33.2 Å². The van der Waals surface area contributed by atoms with Gasteiger partial charge in [-0.3, -0.25) is 24.0 Å². The van der Waals surface area contributed by atoms with E-state index in [-0.39, 0.29) is 63.2 Å². The molecule has 0 aromatic heterocycles. The van der Waals surface area contributed by atoms with Gasteiger partial charge >= 0.3 is 29.8 Å². The third-order valence-electron chi connectivity index (χ3n) is 15.6. The van der Waals surface area contributed by atoms with Crippen molar-refractivity contribution < 1.29 is 61.9 Å². The highest BCUT2D eigenvalue weighted by Crippen LogP contribution is 2.75. The Morgan fingerprint density at radius 1 is 0.741 bits per heavy atom. The van der Waals surface area contributed by atoms with Gasteiger partial charge in [0, 0.05) is 45.4 Å². The molecule has 5 rings (SSSR count). The molecule has 58 heavy (non-hydrogen) atoms. The van der Waals surface area contributed by atoms with Crippen LogP contribution in [0.25, 0.3) is 0 Å². The maximum atomic E-state index is 15.1. The van der Waals surface area contributed by atoms with Gasteiger partial charge in [-0.2, -0.15) is 0 Å². The summed E-state index contributed by atoms with van der Waals surface area (Å²) in [5.41, 5.74) is -0.950. The molecule has 1 aliphatic heterocycles. The molecule has 0 spiro atoms. The first kappa shape index (κ1) is 45.8. The fraction of sp³-hybridized carbons (Fsp3) is 0.822. The molecule has 1 heterocycles. The van der Waals surface area contributed by atoms with Crippen LogP contribution in [0.3, 0.4) is 0 Å². The fourth-order valence-corrected chi connectivity index (χ4v) is 12.9. The summed E-state index contributed by atoms with van der Waals surface area (Å²) in [7, 11) is 1.15. The molecule has 4 saturated carbocycles. The molecule has 0 N–H and O–H groups in total. The molecule has 5 aliphatic rings. The second-order valence-electron chi connectivity index (χ2n) is 19.7. The van der Waals surface area contributed by atoms with Crippen LogP contribution in [0.5, 0.6) is 0 Å². The van der Waals surface area contributed by atoms with Gasteiger partial charge in [-0.1, -0.05) is 46.3 Å². The number of carbonyl (C=O) groups is 6. The normalized spacial score (nSPS) is 40.0. The van der Waals surface area contributed by atoms with E-state index in [9.17, 15) is 24.0 Å². The minimum Gasteiger partial charge on any atom is -0.467 e. The quantitative estimate of drug-likeness (QED) is 0.119. The van der Waals surface area contributed by atoms with Gasteiger partial charge in [-0.05, 0) is 106 Å². The summed E-state index contributed by atoms with van der Waals surface area (Å²) >= 11 is 0. The topological polar surface area (TPSA) is 167 Å². The van der Waals surface area contributed by atoms with E-state index in [1.807, 2.05) is 20.8 Å². The number of esters is 5. The van der Waals surface area contributed by atoms with E-state index in [1.54, 1.807) is 0 Å². The Labute approximate surface area is 344 Å². The van der Waals surface area contributed by atoms with Crippen molar-refractivity contribution in [3.8, 4) is 0 Å². The molecule has 0 radical (unpaired) electrons. The number of methoxy groups -OCH3 is 1. The average Bonchev–Trinajstić information content (AvgIpc) is 3.49. The lowest BCUT2D eigenvalue weighted by molar-refractivity contribution is -0.330. The van der Waals surface area contributed by atoms with Crippen LogP contribution in [0.15, 0.2) is 11.6 Å². The van der Waals surface area contributed by atoms with Crippen LogP contribution in [0.4, 0.5) is 0 Å². The number of ether oxygens (including phenoxy) is 7. The number of carbonyl (C=O) groups excluding carboxylic acids is 6. The minimum absolute atomic E-state index is 0.125. The second kappa shape index (κ2) is 16.6. The van der Waals surface area contributed by atoms with Crippen molar-refractivity contribution in [3.05, 3.63) is 11.6 Å². The second-order valence-corrected chi connectivity index (χ2v) is 19.7. The summed E-state index contributed by atoms with van der Waals surface area (Å²) in [5, 5.41) is 0. The zero-order chi connectivity index (χ0) is 43.3. The smallest absolute Gasteiger partial charge is 0.339 e. The van der Waals surface area contributed by atoms with Crippen molar-refractivity contribution in [2.24, 2.45) is 45.3 Å². The number of rotatable bonds is 11. The van der Waals surface area contributed by atoms with Crippen LogP contribution >= 0.6 is 0 Å². The molecule has 8 unspecified atom stereocenters. The molecular weight excluding hydrogens is 748 g/mol. The third kappa shape index (κ3) is 8.11. The van der Waals surface area contributed by atoms with Crippen LogP contribution < -0.4 is 0 Å². The summed E-state index contributed by atoms with van der Waals surface area (Å²) in [6, 6.07) is 0. The fourth-order valence-electron chi connectivity index (χ4n) is 12.9. The molecule has 0 aromatic rings. The largest absolute Gasteiger partial charge is 0.467 e. The standard InChI is InChI=1S/C45H68O13/c1-24(2)15-14-19-45(12,58-40-38(56-28(6)49)36(55-27(5)48)35(54-26(4)47)37(57-40)39(51)52-13)29-16-21-44(11)34(29)30(50)23-32-42(9)20-18-33(53-25(3)46)41(7,8)31(42)17-22-43(32,44)10/h15,29,31-38,40H,14,16-23H2,1-13H3/t29?,31?,32?,33-,34?,35-,36?,37?,38?,40-,42-,43+,44+,45?/m0/s1. The number of Topliss-reactive ketones (excluding diaryl/α,β-unsaturated/α-hetero) is 1. The van der Waals surface area contributed by atoms with E-state index in [4.69, 9.17) is 33.2 Å². The van der Waals surface area contributed by atoms with E-state index in [2.05, 4.69) is 40.7 Å². The van der Waals surface area contributed by atoms with Gasteiger partial charge in [-0.25, -0.2) is 4.79 Å². The van der Waals surface area contributed by atoms with Crippen molar-refractivity contribution >= 4 is 35.6 Å². The molecule has 326 valence electrons. The van der Waals surface area contributed by atoms with Crippen LogP contribution in [0, 0.1) is 45.3 Å². The zero-order valence-corrected chi connectivity index (χ0v) is 37.0. The first-order valence-corrected chi connectivity index (χ1v) is 21.1. The lowest BCUT2D eigenvalue weighted by atomic mass is 9.35. The molecule has 0 bridgehead atoms. The van der Waals surface area contributed by atoms with Crippen molar-refractivity contribution in [2.75, 3.05) is 7.11 Å². The molecule has 5 fully saturated rings. The first-order valence-electron chi connectivity index (χ1n) is 21.1. The maximum Gasteiger partial charge on any atom is 0.339 e. The van der Waals surface area contributed by atoms with Gasteiger partial charge in [0.05, 0.1) is 12.7 Å². The SMILES string of the molecule is COC(=O)C1O[C@@H](OC(C)(CCC=C(C)C)C2CC[C@]3(C)C2C(=O)CC2[C@@]4(C)CC[C@H](OC(C)=O)C(C)(C)C4CC[C@]23C)C(OC(C)=O)C(OC(C)=O)[C@@H]1OC(C)=O. The summed E-state index contributed by atoms with van der Waals surface area (Å²) in [6.45, 7) is 22.4. The Kier molecular flexibility index (Phi) is 13.1. The lowest BCUT2D eigenvalue weighted by Gasteiger charge is -2.69. The van der Waals surface area contributed by atoms with Crippen LogP contribution in [0.2, 0.25) is 0 Å². The molecule has 0 amide bonds.